The molecule has 0 aliphatic carbocycles. The van der Waals surface area contributed by atoms with Crippen LogP contribution >= 0.6 is 0 Å². The van der Waals surface area contributed by atoms with E-state index in [0.717, 1.165) is 11.3 Å². The van der Waals surface area contributed by atoms with Gasteiger partial charge in [-0.05, 0) is 32.4 Å². The molecule has 1 rings (SSSR count). The lowest BCUT2D eigenvalue weighted by Crippen LogP contribution is -2.45. The normalized spacial score (nSPS) is 11.8. The van der Waals surface area contributed by atoms with Crippen molar-refractivity contribution in [3.05, 3.63) is 29.6 Å². The third-order valence-electron chi connectivity index (χ3n) is 3.13. The first-order valence-electron chi connectivity index (χ1n) is 6.62. The van der Waals surface area contributed by atoms with Crippen molar-refractivity contribution in [3.63, 3.8) is 0 Å². The maximum atomic E-state index is 12.1. The van der Waals surface area contributed by atoms with Crippen molar-refractivity contribution >= 4 is 12.0 Å². The Morgan fingerprint density at radius 1 is 1.50 bits per heavy atom. The molecule has 0 saturated heterocycles. The highest BCUT2D eigenvalue weighted by Crippen LogP contribution is 2.06. The van der Waals surface area contributed by atoms with Gasteiger partial charge in [0.15, 0.2) is 0 Å². The van der Waals surface area contributed by atoms with Crippen LogP contribution in [0.3, 0.4) is 0 Å². The van der Waals surface area contributed by atoms with E-state index in [4.69, 9.17) is 5.11 Å². The van der Waals surface area contributed by atoms with Gasteiger partial charge in [0.25, 0.3) is 0 Å². The van der Waals surface area contributed by atoms with Gasteiger partial charge in [0.2, 0.25) is 0 Å². The Morgan fingerprint density at radius 3 is 2.75 bits per heavy atom. The summed E-state index contributed by atoms with van der Waals surface area (Å²) in [6, 6.07) is 3.15. The molecule has 0 fully saturated rings. The highest BCUT2D eigenvalue weighted by Gasteiger charge is 2.20. The van der Waals surface area contributed by atoms with Gasteiger partial charge in [-0.1, -0.05) is 6.07 Å². The van der Waals surface area contributed by atoms with E-state index in [-0.39, 0.29) is 18.5 Å². The van der Waals surface area contributed by atoms with Crippen LogP contribution in [0.15, 0.2) is 18.3 Å². The number of urea groups is 1. The molecule has 0 aromatic carbocycles. The number of hydrogen-bond acceptors (Lipinski definition) is 3. The van der Waals surface area contributed by atoms with Crippen molar-refractivity contribution in [2.45, 2.75) is 39.8 Å². The number of nitrogens with one attached hydrogen (secondary N) is 1. The zero-order chi connectivity index (χ0) is 15.1. The molecule has 0 aliphatic heterocycles. The number of pyridine rings is 1. The summed E-state index contributed by atoms with van der Waals surface area (Å²) in [5.74, 6) is -0.913. The van der Waals surface area contributed by atoms with Crippen molar-refractivity contribution in [2.75, 3.05) is 6.54 Å². The Balaban J connectivity index is 2.60. The van der Waals surface area contributed by atoms with Crippen LogP contribution in [-0.2, 0) is 11.3 Å². The Hall–Kier alpha value is -2.11. The fourth-order valence-electron chi connectivity index (χ4n) is 1.98. The quantitative estimate of drug-likeness (QED) is 0.831. The lowest BCUT2D eigenvalue weighted by Gasteiger charge is -2.27. The molecule has 0 radical (unpaired) electrons. The standard InChI is InChI=1S/C14H21N3O3/c1-4-17(11(3)8-13(18)19)14(20)16-9-12-10(2)6-5-7-15-12/h5-7,11H,4,8-9H2,1-3H3,(H,16,20)(H,18,19). The average molecular weight is 279 g/mol. The molecule has 1 unspecified atom stereocenters. The number of hydrogen-bond donors (Lipinski definition) is 2. The zero-order valence-electron chi connectivity index (χ0n) is 12.1. The van der Waals surface area contributed by atoms with E-state index < -0.39 is 5.97 Å². The smallest absolute Gasteiger partial charge is 0.317 e. The molecule has 0 saturated carbocycles. The molecule has 0 bridgehead atoms. The monoisotopic (exact) mass is 279 g/mol. The largest absolute Gasteiger partial charge is 0.481 e. The number of carboxylic acids is 1. The van der Waals surface area contributed by atoms with Gasteiger partial charge in [0.05, 0.1) is 18.7 Å². The van der Waals surface area contributed by atoms with Crippen molar-refractivity contribution in [1.29, 1.82) is 0 Å². The lowest BCUT2D eigenvalue weighted by atomic mass is 10.2. The molecule has 0 aliphatic rings. The molecule has 6 nitrogen and oxygen atoms in total. The van der Waals surface area contributed by atoms with E-state index in [1.54, 1.807) is 13.1 Å². The number of aryl methyl sites for hydroxylation is 1. The minimum absolute atomic E-state index is 0.0656. The molecule has 110 valence electrons. The van der Waals surface area contributed by atoms with Gasteiger partial charge >= 0.3 is 12.0 Å². The number of nitrogens with zero attached hydrogens (tertiary/aromatic N) is 2. The average Bonchev–Trinajstić information content (AvgIpc) is 2.37. The van der Waals surface area contributed by atoms with Crippen LogP contribution in [0.25, 0.3) is 0 Å². The first-order valence-corrected chi connectivity index (χ1v) is 6.62. The lowest BCUT2D eigenvalue weighted by molar-refractivity contribution is -0.138. The van der Waals surface area contributed by atoms with Gasteiger partial charge in [-0.3, -0.25) is 9.78 Å². The van der Waals surface area contributed by atoms with Crippen molar-refractivity contribution in [1.82, 2.24) is 15.2 Å². The molecule has 1 atom stereocenters. The molecule has 1 heterocycles. The Morgan fingerprint density at radius 2 is 2.20 bits per heavy atom. The molecule has 20 heavy (non-hydrogen) atoms. The second-order valence-electron chi connectivity index (χ2n) is 4.66. The summed E-state index contributed by atoms with van der Waals surface area (Å²) in [4.78, 5) is 28.5. The van der Waals surface area contributed by atoms with Crippen molar-refractivity contribution in [3.8, 4) is 0 Å². The van der Waals surface area contributed by atoms with E-state index in [2.05, 4.69) is 10.3 Å². The number of carbonyl (C=O) groups excluding carboxylic acids is 1. The first kappa shape index (κ1) is 15.9. The van der Waals surface area contributed by atoms with Crippen LogP contribution in [0.2, 0.25) is 0 Å². The first-order chi connectivity index (χ1) is 9.45. The fourth-order valence-corrected chi connectivity index (χ4v) is 1.98. The van der Waals surface area contributed by atoms with E-state index >= 15 is 0 Å². The third-order valence-corrected chi connectivity index (χ3v) is 3.13. The van der Waals surface area contributed by atoms with Gasteiger partial charge in [-0.2, -0.15) is 0 Å². The molecular formula is C14H21N3O3. The topological polar surface area (TPSA) is 82.5 Å². The van der Waals surface area contributed by atoms with Crippen LogP contribution in [0.5, 0.6) is 0 Å². The molecular weight excluding hydrogens is 258 g/mol. The Kier molecular flexibility index (Phi) is 5.96. The Bertz CT molecular complexity index is 476. The summed E-state index contributed by atoms with van der Waals surface area (Å²) in [6.07, 6.45) is 1.61. The molecule has 6 heteroatoms. The predicted octanol–water partition coefficient (Wildman–Crippen LogP) is 1.78. The zero-order valence-corrected chi connectivity index (χ0v) is 12.1. The summed E-state index contributed by atoms with van der Waals surface area (Å²) >= 11 is 0. The Labute approximate surface area is 118 Å². The third kappa shape index (κ3) is 4.53. The second-order valence-corrected chi connectivity index (χ2v) is 4.66. The molecule has 1 aromatic rings. The number of aromatic nitrogens is 1. The van der Waals surface area contributed by atoms with E-state index in [0.29, 0.717) is 13.1 Å². The van der Waals surface area contributed by atoms with Crippen LogP contribution < -0.4 is 5.32 Å². The minimum Gasteiger partial charge on any atom is -0.481 e. The molecule has 0 spiro atoms. The summed E-state index contributed by atoms with van der Waals surface area (Å²) in [6.45, 7) is 6.27. The van der Waals surface area contributed by atoms with E-state index in [9.17, 15) is 9.59 Å². The highest BCUT2D eigenvalue weighted by atomic mass is 16.4. The second kappa shape index (κ2) is 7.47. The molecule has 2 N–H and O–H groups in total. The van der Waals surface area contributed by atoms with Crippen LogP contribution in [0, 0.1) is 6.92 Å². The number of carboxylic acid groups (broad SMARTS) is 1. The van der Waals surface area contributed by atoms with E-state index in [1.165, 1.54) is 4.90 Å². The SMILES string of the molecule is CCN(C(=O)NCc1ncccc1C)C(C)CC(=O)O. The van der Waals surface area contributed by atoms with Crippen molar-refractivity contribution < 1.29 is 14.7 Å². The predicted molar refractivity (Wildman–Crippen MR) is 75.3 cm³/mol. The summed E-state index contributed by atoms with van der Waals surface area (Å²) in [5, 5.41) is 11.6. The van der Waals surface area contributed by atoms with E-state index in [1.807, 2.05) is 26.0 Å². The number of amides is 2. The summed E-state index contributed by atoms with van der Waals surface area (Å²) < 4.78 is 0. The van der Waals surface area contributed by atoms with Crippen LogP contribution in [0.4, 0.5) is 4.79 Å². The minimum atomic E-state index is -0.913. The number of aliphatic carboxylic acids is 1. The van der Waals surface area contributed by atoms with Gasteiger partial charge in [0.1, 0.15) is 0 Å². The maximum absolute atomic E-state index is 12.1. The summed E-state index contributed by atoms with van der Waals surface area (Å²) in [5.41, 5.74) is 1.82. The van der Waals surface area contributed by atoms with Gasteiger partial charge in [-0.15, -0.1) is 0 Å². The van der Waals surface area contributed by atoms with Gasteiger partial charge in [0, 0.05) is 18.8 Å². The highest BCUT2D eigenvalue weighted by molar-refractivity contribution is 5.75. The van der Waals surface area contributed by atoms with Gasteiger partial charge < -0.3 is 15.3 Å². The van der Waals surface area contributed by atoms with Crippen LogP contribution in [-0.4, -0.2) is 39.6 Å². The number of carbonyl (C=O) groups is 2. The molecule has 2 amide bonds. The number of rotatable bonds is 6. The molecule has 1 aromatic heterocycles. The van der Waals surface area contributed by atoms with Crippen LogP contribution in [0.1, 0.15) is 31.5 Å². The fraction of sp³-hybridized carbons (Fsp3) is 0.500. The maximum Gasteiger partial charge on any atom is 0.317 e. The van der Waals surface area contributed by atoms with Crippen molar-refractivity contribution in [2.24, 2.45) is 0 Å². The summed E-state index contributed by atoms with van der Waals surface area (Å²) in [7, 11) is 0. The van der Waals surface area contributed by atoms with Gasteiger partial charge in [-0.25, -0.2) is 4.79 Å².